The number of imidazole rings is 1. The third-order valence-corrected chi connectivity index (χ3v) is 7.33. The zero-order valence-electron chi connectivity index (χ0n) is 19.3. The van der Waals surface area contributed by atoms with Crippen LogP contribution in [0.2, 0.25) is 0 Å². The molecular formula is C25H40N4O. The van der Waals surface area contributed by atoms with Crippen LogP contribution in [0.1, 0.15) is 64.7 Å². The Morgan fingerprint density at radius 1 is 1.17 bits per heavy atom. The van der Waals surface area contributed by atoms with E-state index in [1.807, 2.05) is 6.07 Å². The fourth-order valence-corrected chi connectivity index (χ4v) is 5.54. The number of rotatable bonds is 9. The summed E-state index contributed by atoms with van der Waals surface area (Å²) >= 11 is 0. The summed E-state index contributed by atoms with van der Waals surface area (Å²) in [5.41, 5.74) is 2.27. The van der Waals surface area contributed by atoms with E-state index in [-0.39, 0.29) is 0 Å². The van der Waals surface area contributed by atoms with Crippen LogP contribution in [-0.4, -0.2) is 54.3 Å². The molecule has 1 atom stereocenters. The average molecular weight is 413 g/mol. The van der Waals surface area contributed by atoms with Gasteiger partial charge in [-0.05, 0) is 44.4 Å². The summed E-state index contributed by atoms with van der Waals surface area (Å²) in [7, 11) is 4.07. The van der Waals surface area contributed by atoms with Crippen molar-refractivity contribution in [1.29, 1.82) is 0 Å². The minimum absolute atomic E-state index is 0.728. The molecule has 0 spiro atoms. The molecule has 1 fully saturated rings. The Balaban J connectivity index is 1.41. The van der Waals surface area contributed by atoms with Gasteiger partial charge in [-0.3, -0.25) is 0 Å². The largest absolute Gasteiger partial charge is 0.497 e. The molecule has 30 heavy (non-hydrogen) atoms. The molecule has 2 aromatic rings. The molecule has 0 N–H and O–H groups in total. The Kier molecular flexibility index (Phi) is 7.19. The van der Waals surface area contributed by atoms with E-state index in [2.05, 4.69) is 40.5 Å². The number of fused-ring (bicyclic) bond motifs is 3. The van der Waals surface area contributed by atoms with Crippen molar-refractivity contribution in [3.8, 4) is 5.75 Å². The van der Waals surface area contributed by atoms with Crippen LogP contribution in [0.4, 0.5) is 5.95 Å². The molecule has 0 saturated heterocycles. The van der Waals surface area contributed by atoms with Gasteiger partial charge in [0.2, 0.25) is 5.95 Å². The molecule has 4 rings (SSSR count). The highest BCUT2D eigenvalue weighted by atomic mass is 16.5. The zero-order valence-corrected chi connectivity index (χ0v) is 19.3. The SMILES string of the molecule is CCCC(CC1CCCCC1)N(C)CCN1CCCn2c1nc1cc(OC)ccc12. The molecule has 1 aromatic carbocycles. The third kappa shape index (κ3) is 4.77. The number of hydrogen-bond donors (Lipinski definition) is 0. The molecule has 1 unspecified atom stereocenters. The molecule has 0 radical (unpaired) electrons. The second kappa shape index (κ2) is 10.0. The first-order valence-electron chi connectivity index (χ1n) is 12.2. The Morgan fingerprint density at radius 2 is 2.00 bits per heavy atom. The number of benzene rings is 1. The molecule has 1 aliphatic carbocycles. The maximum Gasteiger partial charge on any atom is 0.206 e. The van der Waals surface area contributed by atoms with E-state index in [9.17, 15) is 0 Å². The highest BCUT2D eigenvalue weighted by Crippen LogP contribution is 2.31. The average Bonchev–Trinajstić information content (AvgIpc) is 3.16. The number of aryl methyl sites for hydroxylation is 1. The maximum absolute atomic E-state index is 5.40. The second-order valence-electron chi connectivity index (χ2n) is 9.42. The number of nitrogens with zero attached hydrogens (tertiary/aromatic N) is 4. The van der Waals surface area contributed by atoms with E-state index < -0.39 is 0 Å². The van der Waals surface area contributed by atoms with Crippen molar-refractivity contribution in [3.63, 3.8) is 0 Å². The molecule has 1 aromatic heterocycles. The normalized spacial score (nSPS) is 18.7. The fourth-order valence-electron chi connectivity index (χ4n) is 5.54. The van der Waals surface area contributed by atoms with Crippen LogP contribution in [0.15, 0.2) is 18.2 Å². The van der Waals surface area contributed by atoms with E-state index in [1.54, 1.807) is 7.11 Å². The predicted molar refractivity (Wildman–Crippen MR) is 126 cm³/mol. The van der Waals surface area contributed by atoms with Crippen LogP contribution in [0.25, 0.3) is 11.0 Å². The molecule has 2 heterocycles. The van der Waals surface area contributed by atoms with Crippen molar-refractivity contribution in [2.75, 3.05) is 38.7 Å². The van der Waals surface area contributed by atoms with Crippen LogP contribution in [0.3, 0.4) is 0 Å². The lowest BCUT2D eigenvalue weighted by Gasteiger charge is -2.35. The Labute approximate surface area is 182 Å². The first-order chi connectivity index (χ1) is 14.7. The van der Waals surface area contributed by atoms with Crippen molar-refractivity contribution in [3.05, 3.63) is 18.2 Å². The number of anilines is 1. The molecule has 0 bridgehead atoms. The van der Waals surface area contributed by atoms with Gasteiger partial charge in [-0.1, -0.05) is 45.4 Å². The summed E-state index contributed by atoms with van der Waals surface area (Å²) in [5.74, 6) is 2.97. The minimum Gasteiger partial charge on any atom is -0.497 e. The van der Waals surface area contributed by atoms with Gasteiger partial charge in [-0.25, -0.2) is 4.98 Å². The fraction of sp³-hybridized carbons (Fsp3) is 0.720. The highest BCUT2D eigenvalue weighted by molar-refractivity contribution is 5.80. The van der Waals surface area contributed by atoms with E-state index >= 15 is 0 Å². The standard InChI is InChI=1S/C25H40N4O/c1-4-9-21(18-20-10-6-5-7-11-20)27(2)16-17-28-14-8-15-29-24-13-12-22(30-3)19-23(24)26-25(28)29/h12-13,19-21H,4-11,14-18H2,1-3H3. The minimum atomic E-state index is 0.728. The highest BCUT2D eigenvalue weighted by Gasteiger charge is 2.24. The van der Waals surface area contributed by atoms with E-state index in [0.29, 0.717) is 0 Å². The van der Waals surface area contributed by atoms with E-state index in [4.69, 9.17) is 9.72 Å². The van der Waals surface area contributed by atoms with Crippen molar-refractivity contribution < 1.29 is 4.74 Å². The van der Waals surface area contributed by atoms with E-state index in [1.165, 1.54) is 63.3 Å². The lowest BCUT2D eigenvalue weighted by molar-refractivity contribution is 0.179. The number of methoxy groups -OCH3 is 1. The summed E-state index contributed by atoms with van der Waals surface area (Å²) in [6.45, 7) is 6.68. The van der Waals surface area contributed by atoms with Crippen LogP contribution in [-0.2, 0) is 6.54 Å². The summed E-state index contributed by atoms with van der Waals surface area (Å²) in [5, 5.41) is 0. The number of ether oxygens (including phenoxy) is 1. The van der Waals surface area contributed by atoms with Gasteiger partial charge in [0, 0.05) is 38.3 Å². The maximum atomic E-state index is 5.40. The van der Waals surface area contributed by atoms with Gasteiger partial charge in [0.15, 0.2) is 0 Å². The van der Waals surface area contributed by atoms with Gasteiger partial charge in [-0.2, -0.15) is 0 Å². The third-order valence-electron chi connectivity index (χ3n) is 7.33. The van der Waals surface area contributed by atoms with Gasteiger partial charge in [0.1, 0.15) is 5.75 Å². The molecule has 166 valence electrons. The monoisotopic (exact) mass is 412 g/mol. The smallest absolute Gasteiger partial charge is 0.206 e. The quantitative estimate of drug-likeness (QED) is 0.558. The Bertz CT molecular complexity index is 811. The van der Waals surface area contributed by atoms with Crippen LogP contribution in [0, 0.1) is 5.92 Å². The first kappa shape index (κ1) is 21.5. The zero-order chi connectivity index (χ0) is 20.9. The first-order valence-corrected chi connectivity index (χ1v) is 12.2. The summed E-state index contributed by atoms with van der Waals surface area (Å²) < 4.78 is 7.79. The van der Waals surface area contributed by atoms with Crippen molar-refractivity contribution >= 4 is 17.0 Å². The predicted octanol–water partition coefficient (Wildman–Crippen LogP) is 5.33. The Hall–Kier alpha value is -1.75. The molecule has 0 amide bonds. The van der Waals surface area contributed by atoms with Crippen LogP contribution in [0.5, 0.6) is 5.75 Å². The summed E-state index contributed by atoms with van der Waals surface area (Å²) in [4.78, 5) is 10.1. The Morgan fingerprint density at radius 3 is 2.77 bits per heavy atom. The van der Waals surface area contributed by atoms with Crippen LogP contribution < -0.4 is 9.64 Å². The van der Waals surface area contributed by atoms with Crippen molar-refractivity contribution in [2.45, 2.75) is 77.3 Å². The van der Waals surface area contributed by atoms with Gasteiger partial charge in [0.05, 0.1) is 18.1 Å². The van der Waals surface area contributed by atoms with Crippen LogP contribution >= 0.6 is 0 Å². The van der Waals surface area contributed by atoms with Gasteiger partial charge >= 0.3 is 0 Å². The van der Waals surface area contributed by atoms with Crippen molar-refractivity contribution in [1.82, 2.24) is 14.5 Å². The number of hydrogen-bond acceptors (Lipinski definition) is 4. The van der Waals surface area contributed by atoms with Gasteiger partial charge in [0.25, 0.3) is 0 Å². The topological polar surface area (TPSA) is 33.5 Å². The summed E-state index contributed by atoms with van der Waals surface area (Å²) in [6.07, 6.45) is 12.4. The van der Waals surface area contributed by atoms with Gasteiger partial charge in [-0.15, -0.1) is 0 Å². The molecular weight excluding hydrogens is 372 g/mol. The molecule has 5 heteroatoms. The molecule has 2 aliphatic rings. The lowest BCUT2D eigenvalue weighted by Crippen LogP contribution is -2.42. The molecule has 1 aliphatic heterocycles. The molecule has 5 nitrogen and oxygen atoms in total. The number of aromatic nitrogens is 2. The van der Waals surface area contributed by atoms with E-state index in [0.717, 1.165) is 55.4 Å². The number of likely N-dealkylation sites (N-methyl/N-ethyl adjacent to an activating group) is 1. The van der Waals surface area contributed by atoms with Gasteiger partial charge < -0.3 is 19.1 Å². The molecule has 1 saturated carbocycles. The summed E-state index contributed by atoms with van der Waals surface area (Å²) in [6, 6.07) is 6.99. The van der Waals surface area contributed by atoms with Crippen molar-refractivity contribution in [2.24, 2.45) is 5.92 Å². The second-order valence-corrected chi connectivity index (χ2v) is 9.42. The lowest BCUT2D eigenvalue weighted by atomic mass is 9.83.